The quantitative estimate of drug-likeness (QED) is 0.788. The molecule has 0 N–H and O–H groups in total. The number of hydrogen-bond acceptors (Lipinski definition) is 2. The Morgan fingerprint density at radius 1 is 1.38 bits per heavy atom. The van der Waals surface area contributed by atoms with Crippen LogP contribution in [0.25, 0.3) is 0 Å². The number of Topliss-reactive ketones (excluding diaryl/α,β-unsaturated/α-hetero) is 1. The Labute approximate surface area is 101 Å². The van der Waals surface area contributed by atoms with Crippen molar-refractivity contribution in [2.24, 2.45) is 0 Å². The normalized spacial score (nSPS) is 20.9. The number of benzene rings is 1. The first kappa shape index (κ1) is 11.5. The van der Waals surface area contributed by atoms with E-state index in [-0.39, 0.29) is 11.9 Å². The van der Waals surface area contributed by atoms with Gasteiger partial charge in [-0.15, -0.1) is 0 Å². The Hall–Kier alpha value is -1.02. The number of carbonyl (C=O) groups is 1. The van der Waals surface area contributed by atoms with E-state index >= 15 is 0 Å². The molecule has 1 aromatic rings. The third-order valence-electron chi connectivity index (χ3n) is 2.90. The van der Waals surface area contributed by atoms with Gasteiger partial charge in [0.15, 0.2) is 11.9 Å². The lowest BCUT2D eigenvalue weighted by Gasteiger charge is -2.22. The molecule has 1 unspecified atom stereocenters. The maximum Gasteiger partial charge on any atom is 0.173 e. The van der Waals surface area contributed by atoms with Crippen molar-refractivity contribution in [1.29, 1.82) is 0 Å². The molecule has 1 aliphatic rings. The van der Waals surface area contributed by atoms with Crippen LogP contribution in [0.1, 0.15) is 31.2 Å². The molecule has 0 aliphatic heterocycles. The predicted molar refractivity (Wildman–Crippen MR) is 64.1 cm³/mol. The summed E-state index contributed by atoms with van der Waals surface area (Å²) in [6, 6.07) is 5.47. The number of ketones is 1. The molecular weight excluding hydrogens is 224 g/mol. The summed E-state index contributed by atoms with van der Waals surface area (Å²) in [4.78, 5) is 11.6. The summed E-state index contributed by atoms with van der Waals surface area (Å²) in [5, 5.41) is 0.694. The van der Waals surface area contributed by atoms with Crippen molar-refractivity contribution in [3.05, 3.63) is 28.8 Å². The van der Waals surface area contributed by atoms with E-state index in [4.69, 9.17) is 16.3 Å². The van der Waals surface area contributed by atoms with Crippen LogP contribution < -0.4 is 4.74 Å². The first-order chi connectivity index (χ1) is 7.66. The van der Waals surface area contributed by atoms with E-state index in [0.717, 1.165) is 30.6 Å². The minimum atomic E-state index is -0.256. The molecule has 2 rings (SSSR count). The molecule has 0 heterocycles. The summed E-state index contributed by atoms with van der Waals surface area (Å²) in [5.74, 6) is 0.991. The molecule has 2 nitrogen and oxygen atoms in total. The first-order valence-corrected chi connectivity index (χ1v) is 6.00. The van der Waals surface area contributed by atoms with Crippen molar-refractivity contribution >= 4 is 17.4 Å². The molecule has 3 heteroatoms. The number of carbonyl (C=O) groups excluding carboxylic acids is 1. The highest BCUT2D eigenvalue weighted by molar-refractivity contribution is 6.30. The first-order valence-electron chi connectivity index (χ1n) is 5.62. The van der Waals surface area contributed by atoms with Crippen molar-refractivity contribution in [3.8, 4) is 5.75 Å². The highest BCUT2D eigenvalue weighted by Gasteiger charge is 2.24. The molecule has 0 saturated heterocycles. The van der Waals surface area contributed by atoms with Crippen molar-refractivity contribution in [1.82, 2.24) is 0 Å². The van der Waals surface area contributed by atoms with Crippen LogP contribution in [0.3, 0.4) is 0 Å². The second kappa shape index (κ2) is 4.88. The number of aryl methyl sites for hydroxylation is 1. The Morgan fingerprint density at radius 3 is 2.88 bits per heavy atom. The summed E-state index contributed by atoms with van der Waals surface area (Å²) in [6.45, 7) is 1.94. The van der Waals surface area contributed by atoms with Gasteiger partial charge in [0.05, 0.1) is 0 Å². The maximum atomic E-state index is 11.6. The molecule has 1 aliphatic carbocycles. The molecule has 1 atom stereocenters. The molecule has 0 amide bonds. The molecule has 16 heavy (non-hydrogen) atoms. The molecule has 1 saturated carbocycles. The lowest BCUT2D eigenvalue weighted by atomic mass is 9.96. The molecule has 1 aromatic carbocycles. The average Bonchev–Trinajstić information content (AvgIpc) is 2.25. The van der Waals surface area contributed by atoms with Gasteiger partial charge in [0.25, 0.3) is 0 Å². The molecule has 0 spiro atoms. The van der Waals surface area contributed by atoms with Crippen LogP contribution >= 0.6 is 11.6 Å². The average molecular weight is 239 g/mol. The van der Waals surface area contributed by atoms with Gasteiger partial charge in [0, 0.05) is 11.4 Å². The highest BCUT2D eigenvalue weighted by Crippen LogP contribution is 2.26. The van der Waals surface area contributed by atoms with Gasteiger partial charge < -0.3 is 4.74 Å². The second-order valence-electron chi connectivity index (χ2n) is 4.23. The smallest absolute Gasteiger partial charge is 0.173 e. The van der Waals surface area contributed by atoms with E-state index in [1.54, 1.807) is 6.07 Å². The third-order valence-corrected chi connectivity index (χ3v) is 3.14. The van der Waals surface area contributed by atoms with Crippen molar-refractivity contribution in [3.63, 3.8) is 0 Å². The second-order valence-corrected chi connectivity index (χ2v) is 4.66. The summed E-state index contributed by atoms with van der Waals surface area (Å²) < 4.78 is 5.75. The van der Waals surface area contributed by atoms with Crippen LogP contribution in [0.5, 0.6) is 5.75 Å². The van der Waals surface area contributed by atoms with Gasteiger partial charge in [-0.1, -0.05) is 11.6 Å². The van der Waals surface area contributed by atoms with Crippen LogP contribution in [-0.2, 0) is 4.79 Å². The van der Waals surface area contributed by atoms with E-state index in [0.29, 0.717) is 11.4 Å². The Balaban J connectivity index is 2.10. The van der Waals surface area contributed by atoms with Gasteiger partial charge in [0.1, 0.15) is 5.75 Å². The molecule has 0 bridgehead atoms. The van der Waals surface area contributed by atoms with E-state index in [1.165, 1.54) is 0 Å². The molecule has 1 fully saturated rings. The van der Waals surface area contributed by atoms with Gasteiger partial charge in [-0.25, -0.2) is 0 Å². The van der Waals surface area contributed by atoms with E-state index in [9.17, 15) is 4.79 Å². The molecule has 0 radical (unpaired) electrons. The summed E-state index contributed by atoms with van der Waals surface area (Å²) in [7, 11) is 0. The lowest BCUT2D eigenvalue weighted by Crippen LogP contribution is -2.30. The summed E-state index contributed by atoms with van der Waals surface area (Å²) in [6.07, 6.45) is 3.30. The highest BCUT2D eigenvalue weighted by atomic mass is 35.5. The topological polar surface area (TPSA) is 26.3 Å². The summed E-state index contributed by atoms with van der Waals surface area (Å²) in [5.41, 5.74) is 0.978. The zero-order valence-corrected chi connectivity index (χ0v) is 10.1. The largest absolute Gasteiger partial charge is 0.482 e. The number of hydrogen-bond donors (Lipinski definition) is 0. The van der Waals surface area contributed by atoms with Crippen LogP contribution in [0.4, 0.5) is 0 Å². The Kier molecular flexibility index (Phi) is 3.49. The van der Waals surface area contributed by atoms with Crippen LogP contribution in [0.2, 0.25) is 5.02 Å². The zero-order valence-electron chi connectivity index (χ0n) is 9.33. The van der Waals surface area contributed by atoms with Crippen LogP contribution in [0.15, 0.2) is 18.2 Å². The van der Waals surface area contributed by atoms with Gasteiger partial charge in [-0.3, -0.25) is 4.79 Å². The number of ether oxygens (including phenoxy) is 1. The maximum absolute atomic E-state index is 11.6. The monoisotopic (exact) mass is 238 g/mol. The number of rotatable bonds is 2. The van der Waals surface area contributed by atoms with Crippen molar-refractivity contribution in [2.75, 3.05) is 0 Å². The SMILES string of the molecule is Cc1cc(Cl)ccc1OC1CCCCC1=O. The van der Waals surface area contributed by atoms with Gasteiger partial charge in [-0.2, -0.15) is 0 Å². The molecule has 0 aromatic heterocycles. The van der Waals surface area contributed by atoms with Crippen LogP contribution in [0, 0.1) is 6.92 Å². The van der Waals surface area contributed by atoms with Crippen molar-refractivity contribution in [2.45, 2.75) is 38.7 Å². The Morgan fingerprint density at radius 2 is 2.19 bits per heavy atom. The fourth-order valence-corrected chi connectivity index (χ4v) is 2.20. The predicted octanol–water partition coefficient (Wildman–Crippen LogP) is 3.54. The van der Waals surface area contributed by atoms with E-state index in [2.05, 4.69) is 0 Å². The van der Waals surface area contributed by atoms with E-state index < -0.39 is 0 Å². The number of halogens is 1. The molecular formula is C13H15ClO2. The summed E-state index contributed by atoms with van der Waals surface area (Å²) >= 11 is 5.87. The lowest BCUT2D eigenvalue weighted by molar-refractivity contribution is -0.127. The standard InChI is InChI=1S/C13H15ClO2/c1-9-8-10(14)6-7-12(9)16-13-5-3-2-4-11(13)15/h6-8,13H,2-5H2,1H3. The van der Waals surface area contributed by atoms with Gasteiger partial charge >= 0.3 is 0 Å². The fourth-order valence-electron chi connectivity index (χ4n) is 1.97. The van der Waals surface area contributed by atoms with Gasteiger partial charge in [-0.05, 0) is 49.9 Å². The van der Waals surface area contributed by atoms with E-state index in [1.807, 2.05) is 19.1 Å². The minimum absolute atomic E-state index is 0.223. The van der Waals surface area contributed by atoms with Crippen molar-refractivity contribution < 1.29 is 9.53 Å². The minimum Gasteiger partial charge on any atom is -0.482 e. The Bertz CT molecular complexity index is 401. The third kappa shape index (κ3) is 2.56. The zero-order chi connectivity index (χ0) is 11.5. The molecule has 86 valence electrons. The van der Waals surface area contributed by atoms with Crippen LogP contribution in [-0.4, -0.2) is 11.9 Å². The van der Waals surface area contributed by atoms with Gasteiger partial charge in [0.2, 0.25) is 0 Å². The fraction of sp³-hybridized carbons (Fsp3) is 0.462.